The number of rotatable bonds is 5. The third-order valence-electron chi connectivity index (χ3n) is 6.16. The number of benzene rings is 2. The van der Waals surface area contributed by atoms with Crippen LogP contribution in [0, 0.1) is 16.0 Å². The number of amides is 2. The smallest absolute Gasteiger partial charge is 0.362 e. The molecule has 1 aliphatic carbocycles. The molecule has 1 saturated carbocycles. The largest absolute Gasteiger partial charge is 0.416 e. The SMILES string of the molecule is CN(C(=O)C1CC1)c1ccccc1C(=O)N1CCN(c2ccc(C(F)(F)F)cc2[N+](=O)[O-])CC1. The summed E-state index contributed by atoms with van der Waals surface area (Å²) in [4.78, 5) is 41.0. The highest BCUT2D eigenvalue weighted by atomic mass is 19.4. The molecule has 0 spiro atoms. The van der Waals surface area contributed by atoms with Crippen LogP contribution in [0.1, 0.15) is 28.8 Å². The summed E-state index contributed by atoms with van der Waals surface area (Å²) in [5.74, 6) is -0.302. The normalized spacial score (nSPS) is 16.4. The number of hydrogen-bond donors (Lipinski definition) is 0. The van der Waals surface area contributed by atoms with Crippen molar-refractivity contribution in [2.24, 2.45) is 5.92 Å². The molecule has 1 aliphatic heterocycles. The van der Waals surface area contributed by atoms with Gasteiger partial charge in [0.05, 0.1) is 21.7 Å². The van der Waals surface area contributed by atoms with Gasteiger partial charge in [-0.2, -0.15) is 13.2 Å². The van der Waals surface area contributed by atoms with Gasteiger partial charge < -0.3 is 14.7 Å². The Morgan fingerprint density at radius 1 is 1.06 bits per heavy atom. The van der Waals surface area contributed by atoms with Crippen LogP contribution in [0.15, 0.2) is 42.5 Å². The number of nitro groups is 1. The first kappa shape index (κ1) is 23.5. The van der Waals surface area contributed by atoms with Crippen molar-refractivity contribution in [2.75, 3.05) is 43.0 Å². The molecule has 34 heavy (non-hydrogen) atoms. The topological polar surface area (TPSA) is 87.0 Å². The summed E-state index contributed by atoms with van der Waals surface area (Å²) in [7, 11) is 1.65. The minimum atomic E-state index is -4.68. The number of nitro benzene ring substituents is 1. The Labute approximate surface area is 193 Å². The second-order valence-corrected chi connectivity index (χ2v) is 8.43. The first-order valence-electron chi connectivity index (χ1n) is 10.8. The Bertz CT molecular complexity index is 1130. The average Bonchev–Trinajstić information content (AvgIpc) is 3.67. The fraction of sp³-hybridized carbons (Fsp3) is 0.391. The van der Waals surface area contributed by atoms with E-state index < -0.39 is 22.4 Å². The number of carbonyl (C=O) groups is 2. The van der Waals surface area contributed by atoms with Gasteiger partial charge in [0.25, 0.3) is 11.6 Å². The lowest BCUT2D eigenvalue weighted by atomic mass is 10.1. The Morgan fingerprint density at radius 2 is 1.71 bits per heavy atom. The summed E-state index contributed by atoms with van der Waals surface area (Å²) in [6.45, 7) is 0.894. The number of piperazine rings is 1. The summed E-state index contributed by atoms with van der Waals surface area (Å²) >= 11 is 0. The molecule has 180 valence electrons. The highest BCUT2D eigenvalue weighted by Gasteiger charge is 2.36. The van der Waals surface area contributed by atoms with Gasteiger partial charge in [-0.25, -0.2) is 0 Å². The first-order chi connectivity index (χ1) is 16.1. The monoisotopic (exact) mass is 476 g/mol. The molecule has 2 aromatic rings. The van der Waals surface area contributed by atoms with Gasteiger partial charge in [-0.15, -0.1) is 0 Å². The van der Waals surface area contributed by atoms with Crippen LogP contribution in [0.4, 0.5) is 30.2 Å². The standard InChI is InChI=1S/C23H23F3N4O4/c1-27(21(31)15-6-7-15)18-5-3-2-4-17(18)22(32)29-12-10-28(11-13-29)19-9-8-16(23(24,25)26)14-20(19)30(33)34/h2-5,8-9,14-15H,6-7,10-13H2,1H3. The fourth-order valence-electron chi connectivity index (χ4n) is 4.10. The molecular formula is C23H23F3N4O4. The van der Waals surface area contributed by atoms with Gasteiger partial charge in [0.2, 0.25) is 5.91 Å². The van der Waals surface area contributed by atoms with Crippen molar-refractivity contribution in [1.29, 1.82) is 0 Å². The van der Waals surface area contributed by atoms with E-state index in [-0.39, 0.29) is 49.6 Å². The summed E-state index contributed by atoms with van der Waals surface area (Å²) in [5, 5.41) is 11.4. The van der Waals surface area contributed by atoms with Crippen molar-refractivity contribution in [1.82, 2.24) is 4.90 Å². The van der Waals surface area contributed by atoms with Gasteiger partial charge in [0, 0.05) is 45.2 Å². The van der Waals surface area contributed by atoms with Crippen molar-refractivity contribution in [3.63, 3.8) is 0 Å². The van der Waals surface area contributed by atoms with Crippen LogP contribution in [0.3, 0.4) is 0 Å². The number of carbonyl (C=O) groups excluding carboxylic acids is 2. The minimum absolute atomic E-state index is 0.00349. The number of nitrogens with zero attached hydrogens (tertiary/aromatic N) is 4. The first-order valence-corrected chi connectivity index (χ1v) is 10.8. The average molecular weight is 476 g/mol. The van der Waals surface area contributed by atoms with E-state index in [1.807, 2.05) is 0 Å². The van der Waals surface area contributed by atoms with Crippen molar-refractivity contribution in [3.05, 3.63) is 63.7 Å². The van der Waals surface area contributed by atoms with Crippen molar-refractivity contribution in [3.8, 4) is 0 Å². The molecule has 2 aromatic carbocycles. The van der Waals surface area contributed by atoms with Gasteiger partial charge in [0.1, 0.15) is 5.69 Å². The van der Waals surface area contributed by atoms with Crippen LogP contribution in [-0.4, -0.2) is 54.9 Å². The van der Waals surface area contributed by atoms with E-state index in [2.05, 4.69) is 0 Å². The van der Waals surface area contributed by atoms with Gasteiger partial charge >= 0.3 is 6.18 Å². The lowest BCUT2D eigenvalue weighted by Crippen LogP contribution is -2.49. The number of alkyl halides is 3. The highest BCUT2D eigenvalue weighted by molar-refractivity contribution is 6.05. The summed E-state index contributed by atoms with van der Waals surface area (Å²) in [6, 6.07) is 9.31. The van der Waals surface area contributed by atoms with Crippen molar-refractivity contribution >= 4 is 28.9 Å². The maximum absolute atomic E-state index is 13.2. The number of anilines is 2. The van der Waals surface area contributed by atoms with Crippen LogP contribution >= 0.6 is 0 Å². The van der Waals surface area contributed by atoms with Crippen LogP contribution in [0.25, 0.3) is 0 Å². The number of para-hydroxylation sites is 1. The zero-order valence-electron chi connectivity index (χ0n) is 18.4. The molecule has 0 aromatic heterocycles. The minimum Gasteiger partial charge on any atom is -0.362 e. The zero-order chi connectivity index (χ0) is 24.6. The highest BCUT2D eigenvalue weighted by Crippen LogP contribution is 2.37. The Balaban J connectivity index is 1.49. The Kier molecular flexibility index (Phi) is 6.20. The van der Waals surface area contributed by atoms with Crippen molar-refractivity contribution < 1.29 is 27.7 Å². The summed E-state index contributed by atoms with van der Waals surface area (Å²) in [5.41, 5.74) is -0.725. The molecule has 0 radical (unpaired) electrons. The second kappa shape index (κ2) is 8.96. The molecule has 0 N–H and O–H groups in total. The van der Waals surface area contributed by atoms with Crippen LogP contribution in [0.2, 0.25) is 0 Å². The summed E-state index contributed by atoms with van der Waals surface area (Å²) in [6.07, 6.45) is -3.00. The molecule has 0 atom stereocenters. The van der Waals surface area contributed by atoms with Crippen LogP contribution < -0.4 is 9.80 Å². The maximum Gasteiger partial charge on any atom is 0.416 e. The van der Waals surface area contributed by atoms with Gasteiger partial charge in [0.15, 0.2) is 0 Å². The fourth-order valence-corrected chi connectivity index (χ4v) is 4.10. The summed E-state index contributed by atoms with van der Waals surface area (Å²) < 4.78 is 39.0. The molecule has 1 heterocycles. The van der Waals surface area contributed by atoms with Gasteiger partial charge in [-0.3, -0.25) is 19.7 Å². The van der Waals surface area contributed by atoms with Crippen LogP contribution in [0.5, 0.6) is 0 Å². The van der Waals surface area contributed by atoms with E-state index in [0.29, 0.717) is 17.3 Å². The molecule has 8 nitrogen and oxygen atoms in total. The van der Waals surface area contributed by atoms with Gasteiger partial charge in [-0.1, -0.05) is 12.1 Å². The van der Waals surface area contributed by atoms with E-state index in [1.165, 1.54) is 4.90 Å². The number of halogens is 3. The molecule has 4 rings (SSSR count). The Morgan fingerprint density at radius 3 is 2.29 bits per heavy atom. The molecule has 0 unspecified atom stereocenters. The van der Waals surface area contributed by atoms with E-state index >= 15 is 0 Å². The van der Waals surface area contributed by atoms with E-state index in [9.17, 15) is 32.9 Å². The van der Waals surface area contributed by atoms with E-state index in [4.69, 9.17) is 0 Å². The molecule has 2 amide bonds. The molecule has 11 heteroatoms. The second-order valence-electron chi connectivity index (χ2n) is 8.43. The third kappa shape index (κ3) is 4.68. The molecule has 1 saturated heterocycles. The predicted octanol–water partition coefficient (Wildman–Crippen LogP) is 3.95. The van der Waals surface area contributed by atoms with Crippen LogP contribution in [-0.2, 0) is 11.0 Å². The number of hydrogen-bond acceptors (Lipinski definition) is 5. The lowest BCUT2D eigenvalue weighted by Gasteiger charge is -2.36. The zero-order valence-corrected chi connectivity index (χ0v) is 18.4. The molecular weight excluding hydrogens is 453 g/mol. The van der Waals surface area contributed by atoms with Crippen molar-refractivity contribution in [2.45, 2.75) is 19.0 Å². The lowest BCUT2D eigenvalue weighted by molar-refractivity contribution is -0.384. The van der Waals surface area contributed by atoms with Gasteiger partial charge in [-0.05, 0) is 37.1 Å². The third-order valence-corrected chi connectivity index (χ3v) is 6.16. The molecule has 2 fully saturated rings. The van der Waals surface area contributed by atoms with E-state index in [1.54, 1.807) is 41.1 Å². The quantitative estimate of drug-likeness (QED) is 0.482. The Hall–Kier alpha value is -3.63. The van der Waals surface area contributed by atoms with E-state index in [0.717, 1.165) is 25.0 Å². The molecule has 0 bridgehead atoms. The maximum atomic E-state index is 13.2. The molecule has 2 aliphatic rings. The predicted molar refractivity (Wildman–Crippen MR) is 119 cm³/mol.